The molecule has 32 heavy (non-hydrogen) atoms. The average molecular weight is 471 g/mol. The Bertz CT molecular complexity index is 1190. The number of nitrogens with two attached hydrogens (primary N) is 1. The topological polar surface area (TPSA) is 137 Å². The van der Waals surface area contributed by atoms with Gasteiger partial charge in [-0.05, 0) is 39.0 Å². The average Bonchev–Trinajstić information content (AvgIpc) is 2.67. The molecule has 0 aliphatic carbocycles. The van der Waals surface area contributed by atoms with Crippen LogP contribution in [0.2, 0.25) is 0 Å². The number of aliphatic imine (C=N–C) groups is 1. The molecule has 1 atom stereocenters. The van der Waals surface area contributed by atoms with Crippen molar-refractivity contribution in [3.8, 4) is 5.88 Å². The number of ether oxygens (including phenoxy) is 1. The van der Waals surface area contributed by atoms with E-state index in [1.165, 1.54) is 32.9 Å². The summed E-state index contributed by atoms with van der Waals surface area (Å²) in [6.07, 6.45) is 1.78. The molecular formula is C19H20F3N5O4S. The fourth-order valence-corrected chi connectivity index (χ4v) is 4.76. The van der Waals surface area contributed by atoms with E-state index >= 15 is 0 Å². The van der Waals surface area contributed by atoms with E-state index in [-0.39, 0.29) is 22.8 Å². The zero-order chi connectivity index (χ0) is 23.9. The van der Waals surface area contributed by atoms with Crippen LogP contribution in [0.25, 0.3) is 0 Å². The molecule has 9 nitrogen and oxygen atoms in total. The molecule has 1 aromatic heterocycles. The van der Waals surface area contributed by atoms with Gasteiger partial charge < -0.3 is 15.8 Å². The van der Waals surface area contributed by atoms with Crippen molar-refractivity contribution in [2.24, 2.45) is 10.7 Å². The van der Waals surface area contributed by atoms with Gasteiger partial charge in [-0.15, -0.1) is 0 Å². The van der Waals surface area contributed by atoms with Crippen LogP contribution < -0.4 is 15.8 Å². The number of amidine groups is 1. The molecule has 1 amide bonds. The Hall–Kier alpha value is -3.22. The molecule has 172 valence electrons. The fourth-order valence-electron chi connectivity index (χ4n) is 3.08. The summed E-state index contributed by atoms with van der Waals surface area (Å²) in [5.74, 6) is -2.60. The van der Waals surface area contributed by atoms with Crippen molar-refractivity contribution >= 4 is 27.3 Å². The van der Waals surface area contributed by atoms with Gasteiger partial charge >= 0.3 is 6.61 Å². The standard InChI is InChI=1S/C19H20F3N5O4S/c1-18(2)16(23)27-19(3,9-32(18,29)30)11-6-10(4-5-12(11)20)26-15(28)13-7-25-14(8-24-13)31-17(21)22/h4-8,17H,9H2,1-3H3,(H2,23,27)(H,26,28)/t19-/m0/s1. The number of aromatic nitrogens is 2. The van der Waals surface area contributed by atoms with Crippen LogP contribution in [0.3, 0.4) is 0 Å². The maximum Gasteiger partial charge on any atom is 0.388 e. The third kappa shape index (κ3) is 4.38. The predicted molar refractivity (Wildman–Crippen MR) is 110 cm³/mol. The van der Waals surface area contributed by atoms with Gasteiger partial charge in [0.1, 0.15) is 27.6 Å². The third-order valence-electron chi connectivity index (χ3n) is 5.11. The Morgan fingerprint density at radius 3 is 2.47 bits per heavy atom. The zero-order valence-corrected chi connectivity index (χ0v) is 18.1. The Kier molecular flexibility index (Phi) is 5.89. The summed E-state index contributed by atoms with van der Waals surface area (Å²) in [5.41, 5.74) is 4.21. The van der Waals surface area contributed by atoms with Crippen LogP contribution in [0.1, 0.15) is 36.8 Å². The number of nitrogens with one attached hydrogen (secondary N) is 1. The van der Waals surface area contributed by atoms with E-state index in [0.29, 0.717) is 0 Å². The van der Waals surface area contributed by atoms with Crippen LogP contribution in [-0.2, 0) is 15.4 Å². The number of alkyl halides is 2. The number of carbonyl (C=O) groups is 1. The molecule has 0 spiro atoms. The minimum atomic E-state index is -3.77. The minimum Gasteiger partial charge on any atom is -0.415 e. The Morgan fingerprint density at radius 1 is 1.22 bits per heavy atom. The number of nitrogens with zero attached hydrogens (tertiary/aromatic N) is 3. The number of rotatable bonds is 5. The summed E-state index contributed by atoms with van der Waals surface area (Å²) in [6.45, 7) is 1.19. The van der Waals surface area contributed by atoms with Crippen molar-refractivity contribution in [2.45, 2.75) is 37.7 Å². The number of hydrogen-bond donors (Lipinski definition) is 2. The Labute approximate surface area is 181 Å². The third-order valence-corrected chi connectivity index (χ3v) is 7.81. The van der Waals surface area contributed by atoms with Crippen LogP contribution in [-0.4, -0.2) is 47.2 Å². The van der Waals surface area contributed by atoms with Crippen LogP contribution in [0.5, 0.6) is 5.88 Å². The molecule has 0 radical (unpaired) electrons. The highest BCUT2D eigenvalue weighted by molar-refractivity contribution is 7.93. The van der Waals surface area contributed by atoms with Gasteiger partial charge in [0.15, 0.2) is 9.84 Å². The molecule has 0 bridgehead atoms. The van der Waals surface area contributed by atoms with E-state index in [1.54, 1.807) is 0 Å². The van der Waals surface area contributed by atoms with E-state index in [9.17, 15) is 26.4 Å². The van der Waals surface area contributed by atoms with Crippen molar-refractivity contribution in [2.75, 3.05) is 11.1 Å². The van der Waals surface area contributed by atoms with E-state index in [2.05, 4.69) is 25.0 Å². The molecule has 0 saturated carbocycles. The molecule has 1 aliphatic rings. The van der Waals surface area contributed by atoms with E-state index < -0.39 is 50.1 Å². The maximum absolute atomic E-state index is 14.7. The van der Waals surface area contributed by atoms with Crippen LogP contribution in [0.4, 0.5) is 18.9 Å². The lowest BCUT2D eigenvalue weighted by Crippen LogP contribution is -2.55. The lowest BCUT2D eigenvalue weighted by atomic mass is 9.92. The van der Waals surface area contributed by atoms with Crippen molar-refractivity contribution < 1.29 is 31.1 Å². The Morgan fingerprint density at radius 2 is 1.91 bits per heavy atom. The highest BCUT2D eigenvalue weighted by Gasteiger charge is 2.49. The second kappa shape index (κ2) is 8.04. The molecule has 13 heteroatoms. The lowest BCUT2D eigenvalue weighted by molar-refractivity contribution is -0.0531. The summed E-state index contributed by atoms with van der Waals surface area (Å²) in [6, 6.07) is 3.56. The lowest BCUT2D eigenvalue weighted by Gasteiger charge is -2.38. The first kappa shape index (κ1) is 23.4. The predicted octanol–water partition coefficient (Wildman–Crippen LogP) is 2.25. The quantitative estimate of drug-likeness (QED) is 0.682. The number of benzene rings is 1. The van der Waals surface area contributed by atoms with Crippen molar-refractivity contribution in [3.05, 3.63) is 47.7 Å². The molecular weight excluding hydrogens is 451 g/mol. The maximum atomic E-state index is 14.7. The van der Waals surface area contributed by atoms with Gasteiger partial charge in [-0.3, -0.25) is 9.79 Å². The van der Waals surface area contributed by atoms with Gasteiger partial charge in [0.2, 0.25) is 5.88 Å². The van der Waals surface area contributed by atoms with Crippen molar-refractivity contribution in [1.29, 1.82) is 0 Å². The van der Waals surface area contributed by atoms with Gasteiger partial charge in [-0.1, -0.05) is 0 Å². The second-order valence-corrected chi connectivity index (χ2v) is 10.3. The minimum absolute atomic E-state index is 0.0795. The smallest absolute Gasteiger partial charge is 0.388 e. The number of hydrogen-bond acceptors (Lipinski definition) is 8. The summed E-state index contributed by atoms with van der Waals surface area (Å²) < 4.78 is 67.2. The first-order valence-corrected chi connectivity index (χ1v) is 10.9. The SMILES string of the molecule is CC1(C)C(N)=N[C@](C)(c2cc(NC(=O)c3cnc(OC(F)F)cn3)ccc2F)CS1(=O)=O. The highest BCUT2D eigenvalue weighted by atomic mass is 32.2. The summed E-state index contributed by atoms with van der Waals surface area (Å²) >= 11 is 0. The van der Waals surface area contributed by atoms with Gasteiger partial charge in [0, 0.05) is 11.3 Å². The normalized spacial score (nSPS) is 21.7. The Balaban J connectivity index is 1.89. The summed E-state index contributed by atoms with van der Waals surface area (Å²) in [5, 5.41) is 2.46. The summed E-state index contributed by atoms with van der Waals surface area (Å²) in [4.78, 5) is 23.9. The fraction of sp³-hybridized carbons (Fsp3) is 0.368. The first-order chi connectivity index (χ1) is 14.7. The molecule has 0 fully saturated rings. The van der Waals surface area contributed by atoms with Crippen molar-refractivity contribution in [3.63, 3.8) is 0 Å². The van der Waals surface area contributed by atoms with E-state index in [4.69, 9.17) is 5.73 Å². The number of carbonyl (C=O) groups excluding carboxylic acids is 1. The van der Waals surface area contributed by atoms with Gasteiger partial charge in [-0.2, -0.15) is 8.78 Å². The molecule has 2 heterocycles. The summed E-state index contributed by atoms with van der Waals surface area (Å²) in [7, 11) is -3.77. The monoisotopic (exact) mass is 471 g/mol. The largest absolute Gasteiger partial charge is 0.415 e. The van der Waals surface area contributed by atoms with Gasteiger partial charge in [0.25, 0.3) is 5.91 Å². The van der Waals surface area contributed by atoms with E-state index in [1.807, 2.05) is 0 Å². The molecule has 3 N–H and O–H groups in total. The van der Waals surface area contributed by atoms with E-state index in [0.717, 1.165) is 18.5 Å². The van der Waals surface area contributed by atoms with Crippen LogP contribution in [0, 0.1) is 5.82 Å². The number of halogens is 3. The zero-order valence-electron chi connectivity index (χ0n) is 17.3. The first-order valence-electron chi connectivity index (χ1n) is 9.21. The molecule has 1 aromatic carbocycles. The van der Waals surface area contributed by atoms with Crippen LogP contribution in [0.15, 0.2) is 35.6 Å². The number of sulfone groups is 1. The van der Waals surface area contributed by atoms with Crippen LogP contribution >= 0.6 is 0 Å². The number of amides is 1. The van der Waals surface area contributed by atoms with Crippen molar-refractivity contribution in [1.82, 2.24) is 9.97 Å². The molecule has 0 unspecified atom stereocenters. The molecule has 0 saturated heterocycles. The highest BCUT2D eigenvalue weighted by Crippen LogP contribution is 2.38. The molecule has 1 aliphatic heterocycles. The number of anilines is 1. The van der Waals surface area contributed by atoms with Gasteiger partial charge in [-0.25, -0.2) is 22.8 Å². The molecule has 3 rings (SSSR count). The molecule has 2 aromatic rings. The second-order valence-electron chi connectivity index (χ2n) is 7.81. The van der Waals surface area contributed by atoms with Gasteiger partial charge in [0.05, 0.1) is 18.1 Å².